The van der Waals surface area contributed by atoms with Gasteiger partial charge in [0.2, 0.25) is 10.0 Å². The van der Waals surface area contributed by atoms with Gasteiger partial charge in [-0.05, 0) is 36.6 Å². The quantitative estimate of drug-likeness (QED) is 0.809. The van der Waals surface area contributed by atoms with E-state index in [0.29, 0.717) is 12.3 Å². The summed E-state index contributed by atoms with van der Waals surface area (Å²) >= 11 is 0. The fraction of sp³-hybridized carbons (Fsp3) is 0.467. The summed E-state index contributed by atoms with van der Waals surface area (Å²) in [7, 11) is -3.42. The van der Waals surface area contributed by atoms with E-state index in [1.54, 1.807) is 24.3 Å². The first-order chi connectivity index (χ1) is 9.56. The second-order valence-corrected chi connectivity index (χ2v) is 6.65. The zero-order chi connectivity index (χ0) is 14.6. The van der Waals surface area contributed by atoms with Gasteiger partial charge < -0.3 is 5.11 Å². The minimum Gasteiger partial charge on any atom is -0.395 e. The first-order valence-corrected chi connectivity index (χ1v) is 8.27. The van der Waals surface area contributed by atoms with Crippen LogP contribution in [0, 0.1) is 17.8 Å². The molecule has 0 radical (unpaired) electrons. The molecule has 0 spiro atoms. The molecule has 2 atom stereocenters. The molecular weight excluding hydrogens is 274 g/mol. The molecule has 2 unspecified atom stereocenters. The maximum Gasteiger partial charge on any atom is 0.240 e. The van der Waals surface area contributed by atoms with Gasteiger partial charge in [0.1, 0.15) is 0 Å². The van der Waals surface area contributed by atoms with Crippen molar-refractivity contribution in [2.24, 2.45) is 5.92 Å². The Morgan fingerprint density at radius 1 is 1.35 bits per heavy atom. The van der Waals surface area contributed by atoms with Crippen LogP contribution in [0.3, 0.4) is 0 Å². The van der Waals surface area contributed by atoms with Crippen molar-refractivity contribution in [1.82, 2.24) is 4.72 Å². The van der Waals surface area contributed by atoms with Crippen LogP contribution in [0.4, 0.5) is 0 Å². The zero-order valence-corrected chi connectivity index (χ0v) is 12.3. The average Bonchev–Trinajstić information content (AvgIpc) is 3.17. The van der Waals surface area contributed by atoms with E-state index >= 15 is 0 Å². The molecule has 2 N–H and O–H groups in total. The van der Waals surface area contributed by atoms with Gasteiger partial charge in [-0.15, -0.1) is 0 Å². The summed E-state index contributed by atoms with van der Waals surface area (Å²) in [6.07, 6.45) is 2.36. The topological polar surface area (TPSA) is 66.4 Å². The van der Waals surface area contributed by atoms with Gasteiger partial charge in [0.25, 0.3) is 0 Å². The lowest BCUT2D eigenvalue weighted by Gasteiger charge is -2.06. The number of aliphatic hydroxyl groups is 1. The van der Waals surface area contributed by atoms with Crippen molar-refractivity contribution in [3.63, 3.8) is 0 Å². The van der Waals surface area contributed by atoms with Crippen LogP contribution >= 0.6 is 0 Å². The molecule has 4 nitrogen and oxygen atoms in total. The van der Waals surface area contributed by atoms with Gasteiger partial charge in [-0.25, -0.2) is 13.1 Å². The first kappa shape index (κ1) is 15.0. The van der Waals surface area contributed by atoms with Gasteiger partial charge >= 0.3 is 0 Å². The fourth-order valence-electron chi connectivity index (χ4n) is 2.05. The van der Waals surface area contributed by atoms with Crippen LogP contribution in [-0.2, 0) is 10.0 Å². The maximum absolute atomic E-state index is 12.1. The molecule has 0 bridgehead atoms. The lowest BCUT2D eigenvalue weighted by atomic mass is 10.2. The second kappa shape index (κ2) is 6.40. The van der Waals surface area contributed by atoms with E-state index in [4.69, 9.17) is 5.11 Å². The molecule has 0 saturated heterocycles. The lowest BCUT2D eigenvalue weighted by molar-refractivity contribution is 0.305. The summed E-state index contributed by atoms with van der Waals surface area (Å²) in [6, 6.07) is 6.59. The summed E-state index contributed by atoms with van der Waals surface area (Å²) < 4.78 is 27.0. The van der Waals surface area contributed by atoms with Crippen LogP contribution in [0.2, 0.25) is 0 Å². The van der Waals surface area contributed by atoms with Crippen molar-refractivity contribution in [1.29, 1.82) is 0 Å². The van der Waals surface area contributed by atoms with E-state index < -0.39 is 10.0 Å². The standard InChI is InChI=1S/C15H19NO3S/c1-2-13-11-15(13)16-20(18,19)14-8-6-12(7-9-14)5-3-4-10-17/h6-9,13,15-17H,2,4,10-11H2,1H3. The largest absolute Gasteiger partial charge is 0.395 e. The van der Waals surface area contributed by atoms with Crippen LogP contribution in [0.15, 0.2) is 29.2 Å². The highest BCUT2D eigenvalue weighted by molar-refractivity contribution is 7.89. The zero-order valence-electron chi connectivity index (χ0n) is 11.5. The normalized spacial score (nSPS) is 21.1. The van der Waals surface area contributed by atoms with Crippen LogP contribution < -0.4 is 4.72 Å². The van der Waals surface area contributed by atoms with Crippen LogP contribution in [0.1, 0.15) is 31.7 Å². The number of aliphatic hydroxyl groups excluding tert-OH is 1. The molecule has 5 heteroatoms. The number of benzene rings is 1. The van der Waals surface area contributed by atoms with Crippen LogP contribution in [0.5, 0.6) is 0 Å². The van der Waals surface area contributed by atoms with E-state index in [9.17, 15) is 8.42 Å². The third-order valence-electron chi connectivity index (χ3n) is 3.39. The number of hydrogen-bond acceptors (Lipinski definition) is 3. The predicted octanol–water partition coefficient (Wildman–Crippen LogP) is 1.50. The smallest absolute Gasteiger partial charge is 0.240 e. The Morgan fingerprint density at radius 2 is 2.05 bits per heavy atom. The number of sulfonamides is 1. The highest BCUT2D eigenvalue weighted by Gasteiger charge is 2.38. The third-order valence-corrected chi connectivity index (χ3v) is 4.89. The molecule has 108 valence electrons. The monoisotopic (exact) mass is 293 g/mol. The number of rotatable bonds is 5. The summed E-state index contributed by atoms with van der Waals surface area (Å²) in [4.78, 5) is 0.270. The van der Waals surface area contributed by atoms with Crippen molar-refractivity contribution < 1.29 is 13.5 Å². The van der Waals surface area contributed by atoms with E-state index in [2.05, 4.69) is 23.5 Å². The number of hydrogen-bond donors (Lipinski definition) is 2. The Balaban J connectivity index is 2.04. The van der Waals surface area contributed by atoms with E-state index in [1.807, 2.05) is 0 Å². The van der Waals surface area contributed by atoms with Gasteiger partial charge in [-0.2, -0.15) is 0 Å². The lowest BCUT2D eigenvalue weighted by Crippen LogP contribution is -2.27. The summed E-state index contributed by atoms with van der Waals surface area (Å²) in [5.41, 5.74) is 0.746. The predicted molar refractivity (Wildman–Crippen MR) is 77.5 cm³/mol. The minimum absolute atomic E-state index is 0.0311. The highest BCUT2D eigenvalue weighted by Crippen LogP contribution is 2.34. The Morgan fingerprint density at radius 3 is 2.60 bits per heavy atom. The average molecular weight is 293 g/mol. The van der Waals surface area contributed by atoms with Crippen LogP contribution in [0.25, 0.3) is 0 Å². The van der Waals surface area contributed by atoms with Gasteiger partial charge in [-0.3, -0.25) is 0 Å². The molecule has 1 aliphatic carbocycles. The van der Waals surface area contributed by atoms with Crippen molar-refractivity contribution in [2.45, 2.75) is 37.1 Å². The summed E-state index contributed by atoms with van der Waals surface area (Å²) in [5.74, 6) is 6.15. The minimum atomic E-state index is -3.42. The van der Waals surface area contributed by atoms with E-state index in [1.165, 1.54) is 0 Å². The molecule has 1 aliphatic rings. The summed E-state index contributed by atoms with van der Waals surface area (Å²) in [6.45, 7) is 2.10. The van der Waals surface area contributed by atoms with E-state index in [-0.39, 0.29) is 17.5 Å². The molecule has 0 amide bonds. The molecule has 1 aromatic rings. The van der Waals surface area contributed by atoms with Crippen molar-refractivity contribution >= 4 is 10.0 Å². The molecule has 0 aromatic heterocycles. The van der Waals surface area contributed by atoms with Gasteiger partial charge in [0.05, 0.1) is 11.5 Å². The molecule has 1 fully saturated rings. The molecular formula is C15H19NO3S. The van der Waals surface area contributed by atoms with Gasteiger partial charge in [-0.1, -0.05) is 25.2 Å². The molecule has 1 aromatic carbocycles. The Kier molecular flexibility index (Phi) is 4.81. The first-order valence-electron chi connectivity index (χ1n) is 6.79. The Bertz CT molecular complexity index is 611. The second-order valence-electron chi connectivity index (χ2n) is 4.93. The molecule has 1 saturated carbocycles. The summed E-state index contributed by atoms with van der Waals surface area (Å²) in [5, 5.41) is 8.64. The molecule has 2 rings (SSSR count). The van der Waals surface area contributed by atoms with Gasteiger partial charge in [0, 0.05) is 18.0 Å². The Hall–Kier alpha value is -1.35. The van der Waals surface area contributed by atoms with E-state index in [0.717, 1.165) is 18.4 Å². The van der Waals surface area contributed by atoms with Crippen LogP contribution in [-0.4, -0.2) is 26.2 Å². The Labute approximate surface area is 120 Å². The number of nitrogens with one attached hydrogen (secondary N) is 1. The van der Waals surface area contributed by atoms with Crippen molar-refractivity contribution in [3.8, 4) is 11.8 Å². The molecule has 0 aliphatic heterocycles. The third kappa shape index (κ3) is 3.83. The maximum atomic E-state index is 12.1. The van der Waals surface area contributed by atoms with Gasteiger partial charge in [0.15, 0.2) is 0 Å². The fourth-order valence-corrected chi connectivity index (χ4v) is 3.37. The SMILES string of the molecule is CCC1CC1NS(=O)(=O)c1ccc(C#CCCO)cc1. The highest BCUT2D eigenvalue weighted by atomic mass is 32.2. The van der Waals surface area contributed by atoms with Crippen molar-refractivity contribution in [2.75, 3.05) is 6.61 Å². The van der Waals surface area contributed by atoms with Crippen molar-refractivity contribution in [3.05, 3.63) is 29.8 Å². The molecule has 20 heavy (non-hydrogen) atoms. The molecule has 0 heterocycles.